The molecule has 4 aromatic rings. The number of carbonyl (C=O) groups is 1. The molecule has 0 unspecified atom stereocenters. The summed E-state index contributed by atoms with van der Waals surface area (Å²) < 4.78 is 2.19. The van der Waals surface area contributed by atoms with E-state index in [1.54, 1.807) is 6.20 Å². The van der Waals surface area contributed by atoms with Crippen molar-refractivity contribution in [2.24, 2.45) is 0 Å². The van der Waals surface area contributed by atoms with Crippen molar-refractivity contribution >= 4 is 27.8 Å². The molecule has 2 heterocycles. The minimum atomic E-state index is -0.799. The molecule has 136 valence electrons. The molecule has 1 N–H and O–H groups in total. The van der Waals surface area contributed by atoms with Gasteiger partial charge in [-0.15, -0.1) is 0 Å². The highest BCUT2D eigenvalue weighted by Gasteiger charge is 2.13. The van der Waals surface area contributed by atoms with Crippen LogP contribution in [0.4, 0.5) is 0 Å². The van der Waals surface area contributed by atoms with Gasteiger partial charge in [-0.1, -0.05) is 31.5 Å². The number of aliphatic carboxylic acids is 1. The van der Waals surface area contributed by atoms with Gasteiger partial charge in [0, 0.05) is 35.2 Å². The van der Waals surface area contributed by atoms with Crippen LogP contribution < -0.4 is 0 Å². The second-order valence-electron chi connectivity index (χ2n) is 6.91. The van der Waals surface area contributed by atoms with Gasteiger partial charge in [-0.05, 0) is 53.4 Å². The molecule has 0 saturated heterocycles. The number of hydrogen-bond donors (Lipinski definition) is 1. The number of pyridine rings is 1. The Labute approximate surface area is 158 Å². The zero-order valence-corrected chi connectivity index (χ0v) is 15.4. The number of aromatic nitrogens is 2. The maximum absolute atomic E-state index is 11.3. The maximum Gasteiger partial charge on any atom is 0.307 e. The number of unbranched alkanes of at least 4 members (excludes halogenated alkanes) is 1. The first-order valence-corrected chi connectivity index (χ1v) is 9.34. The Morgan fingerprint density at radius 1 is 1.11 bits per heavy atom. The molecule has 0 saturated carbocycles. The third kappa shape index (κ3) is 3.43. The Morgan fingerprint density at radius 3 is 2.74 bits per heavy atom. The van der Waals surface area contributed by atoms with Crippen molar-refractivity contribution in [2.75, 3.05) is 0 Å². The lowest BCUT2D eigenvalue weighted by molar-refractivity contribution is -0.136. The van der Waals surface area contributed by atoms with Gasteiger partial charge >= 0.3 is 5.97 Å². The van der Waals surface area contributed by atoms with Crippen molar-refractivity contribution in [3.8, 4) is 11.1 Å². The molecule has 2 aromatic carbocycles. The Kier molecular flexibility index (Phi) is 4.63. The van der Waals surface area contributed by atoms with Gasteiger partial charge < -0.3 is 9.67 Å². The van der Waals surface area contributed by atoms with Crippen LogP contribution in [0.3, 0.4) is 0 Å². The van der Waals surface area contributed by atoms with E-state index < -0.39 is 5.97 Å². The quantitative estimate of drug-likeness (QED) is 0.510. The topological polar surface area (TPSA) is 55.1 Å². The molecule has 4 heteroatoms. The molecule has 0 amide bonds. The van der Waals surface area contributed by atoms with Crippen molar-refractivity contribution < 1.29 is 9.90 Å². The van der Waals surface area contributed by atoms with Crippen molar-refractivity contribution in [3.63, 3.8) is 0 Å². The number of fused-ring (bicyclic) bond motifs is 2. The van der Waals surface area contributed by atoms with E-state index in [1.165, 1.54) is 0 Å². The van der Waals surface area contributed by atoms with E-state index in [9.17, 15) is 9.90 Å². The van der Waals surface area contributed by atoms with Crippen LogP contribution in [0.2, 0.25) is 0 Å². The normalized spacial score (nSPS) is 11.3. The van der Waals surface area contributed by atoms with Gasteiger partial charge in [-0.3, -0.25) is 9.78 Å². The molecule has 4 rings (SSSR count). The van der Waals surface area contributed by atoms with Crippen LogP contribution >= 0.6 is 0 Å². The summed E-state index contributed by atoms with van der Waals surface area (Å²) in [4.78, 5) is 15.7. The first-order valence-electron chi connectivity index (χ1n) is 9.34. The minimum Gasteiger partial charge on any atom is -0.481 e. The number of carboxylic acids is 1. The van der Waals surface area contributed by atoms with Gasteiger partial charge in [0.15, 0.2) is 0 Å². The standard InChI is InChI=1S/C23H22N2O2/c1-2-3-11-25-15-19(14-23(26)27)20-13-17(7-9-22(20)25)16-6-8-21-18(12-16)5-4-10-24-21/h4-10,12-13,15H,2-3,11,14H2,1H3,(H,26,27). The van der Waals surface area contributed by atoms with Crippen LogP contribution in [0.1, 0.15) is 25.3 Å². The van der Waals surface area contributed by atoms with Gasteiger partial charge in [0.25, 0.3) is 0 Å². The Balaban J connectivity index is 1.82. The highest BCUT2D eigenvalue weighted by molar-refractivity contribution is 5.92. The molecule has 0 aliphatic heterocycles. The summed E-state index contributed by atoms with van der Waals surface area (Å²) >= 11 is 0. The molecular formula is C23H22N2O2. The fourth-order valence-corrected chi connectivity index (χ4v) is 3.62. The van der Waals surface area contributed by atoms with E-state index in [2.05, 4.69) is 52.9 Å². The number of hydrogen-bond acceptors (Lipinski definition) is 2. The van der Waals surface area contributed by atoms with Gasteiger partial charge in [-0.2, -0.15) is 0 Å². The van der Waals surface area contributed by atoms with E-state index in [-0.39, 0.29) is 6.42 Å². The molecule has 0 bridgehead atoms. The van der Waals surface area contributed by atoms with Crippen LogP contribution in [0.5, 0.6) is 0 Å². The van der Waals surface area contributed by atoms with Crippen LogP contribution in [0, 0.1) is 0 Å². The molecule has 0 atom stereocenters. The van der Waals surface area contributed by atoms with Gasteiger partial charge in [-0.25, -0.2) is 0 Å². The van der Waals surface area contributed by atoms with Gasteiger partial charge in [0.1, 0.15) is 0 Å². The average molecular weight is 358 g/mol. The third-order valence-corrected chi connectivity index (χ3v) is 4.99. The second kappa shape index (κ2) is 7.23. The molecule has 27 heavy (non-hydrogen) atoms. The maximum atomic E-state index is 11.3. The third-order valence-electron chi connectivity index (χ3n) is 4.99. The number of aryl methyl sites for hydroxylation is 1. The second-order valence-corrected chi connectivity index (χ2v) is 6.91. The summed E-state index contributed by atoms with van der Waals surface area (Å²) in [5, 5.41) is 11.4. The number of carboxylic acid groups (broad SMARTS) is 1. The van der Waals surface area contributed by atoms with Crippen molar-refractivity contribution in [2.45, 2.75) is 32.7 Å². The number of benzene rings is 2. The highest BCUT2D eigenvalue weighted by atomic mass is 16.4. The van der Waals surface area contributed by atoms with Crippen LogP contribution in [0.15, 0.2) is 60.9 Å². The Morgan fingerprint density at radius 2 is 1.93 bits per heavy atom. The van der Waals surface area contributed by atoms with Crippen LogP contribution in [-0.2, 0) is 17.8 Å². The smallest absolute Gasteiger partial charge is 0.307 e. The van der Waals surface area contributed by atoms with E-state index in [4.69, 9.17) is 0 Å². The summed E-state index contributed by atoms with van der Waals surface area (Å²) in [7, 11) is 0. The fourth-order valence-electron chi connectivity index (χ4n) is 3.62. The number of nitrogens with zero attached hydrogens (tertiary/aromatic N) is 2. The predicted molar refractivity (Wildman–Crippen MR) is 109 cm³/mol. The van der Waals surface area contributed by atoms with Crippen molar-refractivity contribution in [1.29, 1.82) is 0 Å². The monoisotopic (exact) mass is 358 g/mol. The zero-order valence-electron chi connectivity index (χ0n) is 15.4. The lowest BCUT2D eigenvalue weighted by atomic mass is 10.0. The molecular weight excluding hydrogens is 336 g/mol. The van der Waals surface area contributed by atoms with Gasteiger partial charge in [0.05, 0.1) is 11.9 Å². The molecule has 4 nitrogen and oxygen atoms in total. The summed E-state index contributed by atoms with van der Waals surface area (Å²) in [6, 6.07) is 16.6. The largest absolute Gasteiger partial charge is 0.481 e. The number of rotatable bonds is 6. The predicted octanol–water partition coefficient (Wildman–Crippen LogP) is 5.28. The Hall–Kier alpha value is -3.14. The molecule has 0 radical (unpaired) electrons. The summed E-state index contributed by atoms with van der Waals surface area (Å²) in [5.74, 6) is -0.799. The minimum absolute atomic E-state index is 0.0424. The first kappa shape index (κ1) is 17.3. The fraction of sp³-hybridized carbons (Fsp3) is 0.217. The van der Waals surface area contributed by atoms with E-state index in [1.807, 2.05) is 18.3 Å². The zero-order chi connectivity index (χ0) is 18.8. The highest BCUT2D eigenvalue weighted by Crippen LogP contribution is 2.30. The van der Waals surface area contributed by atoms with E-state index in [0.717, 1.165) is 57.9 Å². The first-order chi connectivity index (χ1) is 13.2. The molecule has 2 aromatic heterocycles. The molecule has 0 spiro atoms. The van der Waals surface area contributed by atoms with Crippen molar-refractivity contribution in [1.82, 2.24) is 9.55 Å². The summed E-state index contributed by atoms with van der Waals surface area (Å²) in [6.45, 7) is 3.07. The SMILES string of the molecule is CCCCn1cc(CC(=O)O)c2cc(-c3ccc4ncccc4c3)ccc21. The van der Waals surface area contributed by atoms with Crippen LogP contribution in [-0.4, -0.2) is 20.6 Å². The molecule has 0 aliphatic carbocycles. The lowest BCUT2D eigenvalue weighted by Crippen LogP contribution is -1.99. The Bertz CT molecular complexity index is 1130. The average Bonchev–Trinajstić information content (AvgIpc) is 3.02. The van der Waals surface area contributed by atoms with E-state index >= 15 is 0 Å². The van der Waals surface area contributed by atoms with E-state index in [0.29, 0.717) is 0 Å². The molecule has 0 fully saturated rings. The molecule has 0 aliphatic rings. The lowest BCUT2D eigenvalue weighted by Gasteiger charge is -2.07. The summed E-state index contributed by atoms with van der Waals surface area (Å²) in [5.41, 5.74) is 5.15. The van der Waals surface area contributed by atoms with Crippen molar-refractivity contribution in [3.05, 3.63) is 66.5 Å². The van der Waals surface area contributed by atoms with Crippen LogP contribution in [0.25, 0.3) is 32.9 Å². The van der Waals surface area contributed by atoms with Gasteiger partial charge in [0.2, 0.25) is 0 Å². The summed E-state index contributed by atoms with van der Waals surface area (Å²) in [6.07, 6.45) is 6.03.